The molecule has 1 aliphatic carbocycles. The number of ketones is 2. The van der Waals surface area contributed by atoms with E-state index in [9.17, 15) is 19.6 Å². The molecule has 0 radical (unpaired) electrons. The molecule has 134 valence electrons. The van der Waals surface area contributed by atoms with Gasteiger partial charge in [-0.3, -0.25) is 14.4 Å². The molecule has 0 aliphatic heterocycles. The Hall–Kier alpha value is -3.23. The van der Waals surface area contributed by atoms with Crippen molar-refractivity contribution in [3.05, 3.63) is 75.8 Å². The lowest BCUT2D eigenvalue weighted by Gasteiger charge is -2.21. The highest BCUT2D eigenvalue weighted by Crippen LogP contribution is 2.33. The number of hydrogen-bond acceptors (Lipinski definition) is 4. The minimum atomic E-state index is -1.49. The SMILES string of the molecule is CCc1ccccc1NC(=O)[C@@H](C#N)C1=C(Cl)C(=O)c2ccccc2C1=O. The molecule has 0 bridgehead atoms. The predicted molar refractivity (Wildman–Crippen MR) is 102 cm³/mol. The van der Waals surface area contributed by atoms with Crippen molar-refractivity contribution in [3.8, 4) is 6.07 Å². The monoisotopic (exact) mass is 378 g/mol. The third-order valence-electron chi connectivity index (χ3n) is 4.43. The smallest absolute Gasteiger partial charge is 0.246 e. The third-order valence-corrected chi connectivity index (χ3v) is 4.81. The second-order valence-electron chi connectivity index (χ2n) is 5.99. The number of nitriles is 1. The maximum absolute atomic E-state index is 12.8. The highest BCUT2D eigenvalue weighted by Gasteiger charge is 2.38. The van der Waals surface area contributed by atoms with Gasteiger partial charge in [0.2, 0.25) is 11.7 Å². The molecule has 1 aliphatic rings. The fourth-order valence-electron chi connectivity index (χ4n) is 3.03. The number of para-hydroxylation sites is 1. The van der Waals surface area contributed by atoms with Crippen LogP contribution in [0.4, 0.5) is 5.69 Å². The van der Waals surface area contributed by atoms with E-state index in [0.29, 0.717) is 12.1 Å². The van der Waals surface area contributed by atoms with Gasteiger partial charge >= 0.3 is 0 Å². The molecule has 6 heteroatoms. The lowest BCUT2D eigenvalue weighted by molar-refractivity contribution is -0.117. The van der Waals surface area contributed by atoms with E-state index in [1.54, 1.807) is 24.3 Å². The quantitative estimate of drug-likeness (QED) is 0.874. The normalized spacial score (nSPS) is 14.4. The molecule has 0 saturated heterocycles. The van der Waals surface area contributed by atoms with Gasteiger partial charge in [0, 0.05) is 22.4 Å². The summed E-state index contributed by atoms with van der Waals surface area (Å²) in [5.74, 6) is -3.34. The van der Waals surface area contributed by atoms with Crippen molar-refractivity contribution in [3.63, 3.8) is 0 Å². The van der Waals surface area contributed by atoms with Crippen LogP contribution in [0.25, 0.3) is 0 Å². The number of fused-ring (bicyclic) bond motifs is 1. The molecule has 3 rings (SSSR count). The van der Waals surface area contributed by atoms with Crippen molar-refractivity contribution in [2.45, 2.75) is 13.3 Å². The number of halogens is 1. The van der Waals surface area contributed by atoms with Crippen LogP contribution in [0.15, 0.2) is 59.1 Å². The van der Waals surface area contributed by atoms with Crippen molar-refractivity contribution >= 4 is 34.8 Å². The predicted octanol–water partition coefficient (Wildman–Crippen LogP) is 3.90. The molecular weight excluding hydrogens is 364 g/mol. The molecule has 0 spiro atoms. The Labute approximate surface area is 161 Å². The number of Topliss-reactive ketones (excluding diaryl/α,β-unsaturated/α-hetero) is 2. The van der Waals surface area contributed by atoms with Gasteiger partial charge in [-0.2, -0.15) is 5.26 Å². The molecule has 0 saturated carbocycles. The number of benzene rings is 2. The minimum Gasteiger partial charge on any atom is -0.324 e. The molecule has 2 aromatic carbocycles. The highest BCUT2D eigenvalue weighted by molar-refractivity contribution is 6.50. The number of hydrogen-bond donors (Lipinski definition) is 1. The molecular formula is C21H15ClN2O3. The van der Waals surface area contributed by atoms with E-state index < -0.39 is 23.4 Å². The maximum atomic E-state index is 12.8. The Morgan fingerprint density at radius 3 is 2.30 bits per heavy atom. The van der Waals surface area contributed by atoms with Crippen LogP contribution in [0.1, 0.15) is 33.2 Å². The van der Waals surface area contributed by atoms with Crippen LogP contribution >= 0.6 is 11.6 Å². The van der Waals surface area contributed by atoms with E-state index in [1.807, 2.05) is 25.1 Å². The first kappa shape index (κ1) is 18.6. The maximum Gasteiger partial charge on any atom is 0.246 e. The summed E-state index contributed by atoms with van der Waals surface area (Å²) in [6.45, 7) is 1.94. The number of allylic oxidation sites excluding steroid dienone is 1. The van der Waals surface area contributed by atoms with Crippen LogP contribution in [-0.2, 0) is 11.2 Å². The first-order chi connectivity index (χ1) is 13.0. The largest absolute Gasteiger partial charge is 0.324 e. The first-order valence-electron chi connectivity index (χ1n) is 8.36. The topological polar surface area (TPSA) is 87.0 Å². The summed E-state index contributed by atoms with van der Waals surface area (Å²) in [7, 11) is 0. The molecule has 2 aromatic rings. The Balaban J connectivity index is 1.99. The average Bonchev–Trinajstić information content (AvgIpc) is 2.69. The summed E-state index contributed by atoms with van der Waals surface area (Å²) in [5, 5.41) is 11.8. The Morgan fingerprint density at radius 2 is 1.67 bits per heavy atom. The lowest BCUT2D eigenvalue weighted by Crippen LogP contribution is -2.31. The highest BCUT2D eigenvalue weighted by atomic mass is 35.5. The Morgan fingerprint density at radius 1 is 1.07 bits per heavy atom. The standard InChI is InChI=1S/C21H15ClN2O3/c1-2-12-7-3-6-10-16(12)24-21(27)15(11-23)17-18(22)20(26)14-9-5-4-8-13(14)19(17)25/h3-10,15H,2H2,1H3,(H,24,27)/t15-/m0/s1. The van der Waals surface area contributed by atoms with Crippen molar-refractivity contribution in [1.82, 2.24) is 0 Å². The Kier molecular flexibility index (Phi) is 5.20. The minimum absolute atomic E-state index is 0.143. The van der Waals surface area contributed by atoms with E-state index in [0.717, 1.165) is 5.56 Å². The van der Waals surface area contributed by atoms with Crippen LogP contribution in [-0.4, -0.2) is 17.5 Å². The van der Waals surface area contributed by atoms with Gasteiger partial charge in [0.25, 0.3) is 0 Å². The molecule has 5 nitrogen and oxygen atoms in total. The summed E-state index contributed by atoms with van der Waals surface area (Å²) < 4.78 is 0. The molecule has 27 heavy (non-hydrogen) atoms. The Bertz CT molecular complexity index is 1030. The van der Waals surface area contributed by atoms with Crippen LogP contribution in [0.5, 0.6) is 0 Å². The van der Waals surface area contributed by atoms with Gasteiger partial charge in [-0.05, 0) is 18.1 Å². The zero-order valence-electron chi connectivity index (χ0n) is 14.5. The van der Waals surface area contributed by atoms with E-state index in [2.05, 4.69) is 5.32 Å². The summed E-state index contributed by atoms with van der Waals surface area (Å²) in [6.07, 6.45) is 0.682. The van der Waals surface area contributed by atoms with Crippen LogP contribution in [0, 0.1) is 17.2 Å². The molecule has 0 aromatic heterocycles. The number of carbonyl (C=O) groups excluding carboxylic acids is 3. The van der Waals surface area contributed by atoms with E-state index in [1.165, 1.54) is 12.1 Å². The van der Waals surface area contributed by atoms with Gasteiger partial charge in [0.1, 0.15) is 0 Å². The third kappa shape index (κ3) is 3.27. The second-order valence-corrected chi connectivity index (χ2v) is 6.37. The van der Waals surface area contributed by atoms with Crippen molar-refractivity contribution < 1.29 is 14.4 Å². The van der Waals surface area contributed by atoms with Gasteiger partial charge in [-0.1, -0.05) is 61.0 Å². The number of rotatable bonds is 4. The molecule has 1 N–H and O–H groups in total. The number of nitrogens with one attached hydrogen (secondary N) is 1. The van der Waals surface area contributed by atoms with Gasteiger partial charge in [-0.25, -0.2) is 0 Å². The second kappa shape index (κ2) is 7.56. The zero-order valence-corrected chi connectivity index (χ0v) is 15.2. The molecule has 1 amide bonds. The van der Waals surface area contributed by atoms with Gasteiger partial charge in [0.05, 0.1) is 11.1 Å². The average molecular weight is 379 g/mol. The van der Waals surface area contributed by atoms with Crippen molar-refractivity contribution in [2.24, 2.45) is 5.92 Å². The van der Waals surface area contributed by atoms with E-state index >= 15 is 0 Å². The number of nitrogens with zero attached hydrogens (tertiary/aromatic N) is 1. The summed E-state index contributed by atoms with van der Waals surface area (Å²) in [5.41, 5.74) is 1.47. The molecule has 0 unspecified atom stereocenters. The molecule has 0 fully saturated rings. The summed E-state index contributed by atoms with van der Waals surface area (Å²) >= 11 is 6.11. The van der Waals surface area contributed by atoms with Crippen molar-refractivity contribution in [1.29, 1.82) is 5.26 Å². The number of anilines is 1. The van der Waals surface area contributed by atoms with Crippen molar-refractivity contribution in [2.75, 3.05) is 5.32 Å². The summed E-state index contributed by atoms with van der Waals surface area (Å²) in [4.78, 5) is 38.0. The van der Waals surface area contributed by atoms with Gasteiger partial charge in [-0.15, -0.1) is 0 Å². The van der Waals surface area contributed by atoms with Crippen LogP contribution in [0.2, 0.25) is 0 Å². The van der Waals surface area contributed by atoms with Crippen LogP contribution in [0.3, 0.4) is 0 Å². The molecule has 1 atom stereocenters. The number of carbonyl (C=O) groups is 3. The summed E-state index contributed by atoms with van der Waals surface area (Å²) in [6, 6.07) is 15.2. The van der Waals surface area contributed by atoms with Gasteiger partial charge in [0.15, 0.2) is 11.7 Å². The number of aryl methyl sites for hydroxylation is 1. The fraction of sp³-hybridized carbons (Fsp3) is 0.143. The van der Waals surface area contributed by atoms with Crippen LogP contribution < -0.4 is 5.32 Å². The zero-order chi connectivity index (χ0) is 19.6. The van der Waals surface area contributed by atoms with Gasteiger partial charge < -0.3 is 5.32 Å². The lowest BCUT2D eigenvalue weighted by atomic mass is 9.83. The number of amides is 1. The fourth-order valence-corrected chi connectivity index (χ4v) is 3.33. The molecule has 0 heterocycles. The van der Waals surface area contributed by atoms with E-state index in [-0.39, 0.29) is 21.7 Å². The van der Waals surface area contributed by atoms with E-state index in [4.69, 9.17) is 11.6 Å². The first-order valence-corrected chi connectivity index (χ1v) is 8.73.